The lowest BCUT2D eigenvalue weighted by molar-refractivity contribution is -0.123. The molecule has 1 aromatic heterocycles. The first-order valence-corrected chi connectivity index (χ1v) is 8.08. The first-order valence-electron chi connectivity index (χ1n) is 8.08. The van der Waals surface area contributed by atoms with Crippen molar-refractivity contribution in [3.63, 3.8) is 0 Å². The molecule has 1 atom stereocenters. The van der Waals surface area contributed by atoms with Gasteiger partial charge in [0.1, 0.15) is 0 Å². The molecule has 5 nitrogen and oxygen atoms in total. The number of carbonyl (C=O) groups excluding carboxylic acids is 2. The van der Waals surface area contributed by atoms with E-state index >= 15 is 0 Å². The fourth-order valence-corrected chi connectivity index (χ4v) is 2.74. The molecule has 1 heterocycles. The molecule has 2 rings (SSSR count). The molecule has 0 fully saturated rings. The van der Waals surface area contributed by atoms with Gasteiger partial charge in [0, 0.05) is 23.6 Å². The van der Waals surface area contributed by atoms with Crippen molar-refractivity contribution in [2.24, 2.45) is 0 Å². The normalized spacial score (nSPS) is 11.9. The second-order valence-electron chi connectivity index (χ2n) is 5.94. The van der Waals surface area contributed by atoms with Crippen molar-refractivity contribution in [3.8, 4) is 0 Å². The van der Waals surface area contributed by atoms with Crippen LogP contribution in [0.25, 0.3) is 0 Å². The molecule has 0 spiro atoms. The second kappa shape index (κ2) is 7.34. The summed E-state index contributed by atoms with van der Waals surface area (Å²) in [4.78, 5) is 24.6. The van der Waals surface area contributed by atoms with Crippen LogP contribution in [-0.2, 0) is 16.1 Å². The highest BCUT2D eigenvalue weighted by molar-refractivity contribution is 5.97. The Labute approximate surface area is 142 Å². The fraction of sp³-hybridized carbons (Fsp3) is 0.368. The SMILES string of the molecule is CCn1c(C)cc(C(=O)O[C@@H](C)C(=O)Nc2cccc(C)c2)c1C. The lowest BCUT2D eigenvalue weighted by atomic mass is 10.2. The van der Waals surface area contributed by atoms with Crippen LogP contribution in [-0.4, -0.2) is 22.5 Å². The second-order valence-corrected chi connectivity index (χ2v) is 5.94. The molecule has 1 N–H and O–H groups in total. The lowest BCUT2D eigenvalue weighted by Crippen LogP contribution is -2.30. The number of ether oxygens (including phenoxy) is 1. The van der Waals surface area contributed by atoms with Gasteiger partial charge in [-0.25, -0.2) is 4.79 Å². The van der Waals surface area contributed by atoms with Crippen LogP contribution in [0.2, 0.25) is 0 Å². The van der Waals surface area contributed by atoms with Gasteiger partial charge in [-0.2, -0.15) is 0 Å². The minimum atomic E-state index is -0.873. The number of aromatic nitrogens is 1. The van der Waals surface area contributed by atoms with E-state index in [9.17, 15) is 9.59 Å². The zero-order valence-electron chi connectivity index (χ0n) is 14.8. The van der Waals surface area contributed by atoms with E-state index in [2.05, 4.69) is 5.32 Å². The third-order valence-corrected chi connectivity index (χ3v) is 4.05. The Morgan fingerprint density at radius 2 is 1.92 bits per heavy atom. The summed E-state index contributed by atoms with van der Waals surface area (Å²) in [5.41, 5.74) is 4.09. The van der Waals surface area contributed by atoms with Crippen LogP contribution < -0.4 is 5.32 Å². The number of benzene rings is 1. The summed E-state index contributed by atoms with van der Waals surface area (Å²) in [5, 5.41) is 2.76. The number of hydrogen-bond donors (Lipinski definition) is 1. The Hall–Kier alpha value is -2.56. The van der Waals surface area contributed by atoms with Gasteiger partial charge in [0.2, 0.25) is 0 Å². The number of nitrogens with one attached hydrogen (secondary N) is 1. The molecule has 1 amide bonds. The van der Waals surface area contributed by atoms with Gasteiger partial charge in [0.15, 0.2) is 6.10 Å². The molecule has 0 saturated carbocycles. The third-order valence-electron chi connectivity index (χ3n) is 4.05. The molecule has 1 aromatic carbocycles. The molecule has 0 saturated heterocycles. The van der Waals surface area contributed by atoms with E-state index in [-0.39, 0.29) is 5.91 Å². The topological polar surface area (TPSA) is 60.3 Å². The average molecular weight is 328 g/mol. The van der Waals surface area contributed by atoms with Crippen LogP contribution in [0.5, 0.6) is 0 Å². The number of hydrogen-bond acceptors (Lipinski definition) is 3. The maximum absolute atomic E-state index is 12.4. The highest BCUT2D eigenvalue weighted by Gasteiger charge is 2.22. The first kappa shape index (κ1) is 17.8. The number of rotatable bonds is 5. The van der Waals surface area contributed by atoms with E-state index in [0.29, 0.717) is 11.3 Å². The highest BCUT2D eigenvalue weighted by Crippen LogP contribution is 2.17. The standard InChI is InChI=1S/C19H24N2O3/c1-6-21-13(3)11-17(14(21)4)19(23)24-15(5)18(22)20-16-9-7-8-12(2)10-16/h7-11,15H,6H2,1-5H3,(H,20,22)/t15-/m0/s1. The van der Waals surface area contributed by atoms with Crippen molar-refractivity contribution in [3.05, 3.63) is 52.8 Å². The molecule has 0 radical (unpaired) electrons. The van der Waals surface area contributed by atoms with Gasteiger partial charge in [0.05, 0.1) is 5.56 Å². The van der Waals surface area contributed by atoms with Gasteiger partial charge in [0.25, 0.3) is 5.91 Å². The number of anilines is 1. The summed E-state index contributed by atoms with van der Waals surface area (Å²) < 4.78 is 7.37. The van der Waals surface area contributed by atoms with Crippen LogP contribution in [0, 0.1) is 20.8 Å². The van der Waals surface area contributed by atoms with E-state index < -0.39 is 12.1 Å². The van der Waals surface area contributed by atoms with E-state index in [1.165, 1.54) is 0 Å². The van der Waals surface area contributed by atoms with Crippen LogP contribution >= 0.6 is 0 Å². The van der Waals surface area contributed by atoms with Crippen LogP contribution in [0.4, 0.5) is 5.69 Å². The van der Waals surface area contributed by atoms with Crippen molar-refractivity contribution >= 4 is 17.6 Å². The Kier molecular flexibility index (Phi) is 5.44. The molecule has 0 unspecified atom stereocenters. The van der Waals surface area contributed by atoms with Gasteiger partial charge in [-0.1, -0.05) is 12.1 Å². The number of carbonyl (C=O) groups is 2. The molecule has 0 aliphatic carbocycles. The van der Waals surface area contributed by atoms with Crippen molar-refractivity contribution in [1.82, 2.24) is 4.57 Å². The van der Waals surface area contributed by atoms with Gasteiger partial charge in [-0.05, 0) is 58.4 Å². The summed E-state index contributed by atoms with van der Waals surface area (Å²) >= 11 is 0. The fourth-order valence-electron chi connectivity index (χ4n) is 2.74. The van der Waals surface area contributed by atoms with Gasteiger partial charge in [-0.3, -0.25) is 4.79 Å². The Balaban J connectivity index is 2.04. The smallest absolute Gasteiger partial charge is 0.340 e. The molecule has 0 aliphatic heterocycles. The Morgan fingerprint density at radius 3 is 2.50 bits per heavy atom. The third kappa shape index (κ3) is 3.85. The summed E-state index contributed by atoms with van der Waals surface area (Å²) in [7, 11) is 0. The minimum Gasteiger partial charge on any atom is -0.449 e. The molecular formula is C19H24N2O3. The van der Waals surface area contributed by atoms with Crippen molar-refractivity contribution in [2.75, 3.05) is 5.32 Å². The molecule has 0 bridgehead atoms. The zero-order chi connectivity index (χ0) is 17.9. The molecular weight excluding hydrogens is 304 g/mol. The average Bonchev–Trinajstić information content (AvgIpc) is 2.81. The van der Waals surface area contributed by atoms with Gasteiger partial charge in [-0.15, -0.1) is 0 Å². The molecule has 2 aromatic rings. The maximum atomic E-state index is 12.4. The maximum Gasteiger partial charge on any atom is 0.340 e. The molecule has 128 valence electrons. The Morgan fingerprint density at radius 1 is 1.21 bits per heavy atom. The van der Waals surface area contributed by atoms with Gasteiger partial charge >= 0.3 is 5.97 Å². The minimum absolute atomic E-state index is 0.349. The van der Waals surface area contributed by atoms with Crippen molar-refractivity contribution < 1.29 is 14.3 Å². The molecule has 24 heavy (non-hydrogen) atoms. The van der Waals surface area contributed by atoms with Crippen LogP contribution in [0.3, 0.4) is 0 Å². The largest absolute Gasteiger partial charge is 0.449 e. The van der Waals surface area contributed by atoms with E-state index in [1.807, 2.05) is 50.5 Å². The van der Waals surface area contributed by atoms with Crippen molar-refractivity contribution in [2.45, 2.75) is 47.3 Å². The van der Waals surface area contributed by atoms with Gasteiger partial charge < -0.3 is 14.6 Å². The Bertz CT molecular complexity index is 762. The predicted molar refractivity (Wildman–Crippen MR) is 94.3 cm³/mol. The van der Waals surface area contributed by atoms with Crippen LogP contribution in [0.15, 0.2) is 30.3 Å². The summed E-state index contributed by atoms with van der Waals surface area (Å²) in [6, 6.07) is 9.27. The van der Waals surface area contributed by atoms with E-state index in [4.69, 9.17) is 4.74 Å². The predicted octanol–water partition coefficient (Wildman–Crippen LogP) is 3.62. The highest BCUT2D eigenvalue weighted by atomic mass is 16.5. The summed E-state index contributed by atoms with van der Waals surface area (Å²) in [6.45, 7) is 10.2. The quantitative estimate of drug-likeness (QED) is 0.853. The lowest BCUT2D eigenvalue weighted by Gasteiger charge is -2.14. The molecule has 5 heteroatoms. The summed E-state index contributed by atoms with van der Waals surface area (Å²) in [6.07, 6.45) is -0.873. The number of amides is 1. The summed E-state index contributed by atoms with van der Waals surface area (Å²) in [5.74, 6) is -0.826. The number of esters is 1. The number of nitrogens with zero attached hydrogens (tertiary/aromatic N) is 1. The van der Waals surface area contributed by atoms with E-state index in [1.54, 1.807) is 19.1 Å². The zero-order valence-corrected chi connectivity index (χ0v) is 14.8. The number of aryl methyl sites for hydroxylation is 2. The molecule has 0 aliphatic rings. The van der Waals surface area contributed by atoms with Crippen LogP contribution in [0.1, 0.15) is 41.2 Å². The van der Waals surface area contributed by atoms with Crippen molar-refractivity contribution in [1.29, 1.82) is 0 Å². The monoisotopic (exact) mass is 328 g/mol. The van der Waals surface area contributed by atoms with E-state index in [0.717, 1.165) is 23.5 Å². The first-order chi connectivity index (χ1) is 11.3.